The molecule has 1 N–H and O–H groups in total. The van der Waals surface area contributed by atoms with E-state index in [4.69, 9.17) is 0 Å². The van der Waals surface area contributed by atoms with Gasteiger partial charge in [0.25, 0.3) is 0 Å². The minimum atomic E-state index is -3.52. The Morgan fingerprint density at radius 3 is 2.44 bits per heavy atom. The fourth-order valence-corrected chi connectivity index (χ4v) is 2.22. The van der Waals surface area contributed by atoms with E-state index in [9.17, 15) is 18.3 Å². The average molecular weight is 242 g/mol. The van der Waals surface area contributed by atoms with Crippen molar-refractivity contribution < 1.29 is 18.3 Å². The summed E-state index contributed by atoms with van der Waals surface area (Å²) in [6, 6.07) is 7.91. The van der Waals surface area contributed by atoms with Crippen LogP contribution in [0.5, 0.6) is 0 Å². The summed E-state index contributed by atoms with van der Waals surface area (Å²) in [5.74, 6) is -1.18. The third-order valence-corrected chi connectivity index (χ3v) is 3.38. The van der Waals surface area contributed by atoms with Crippen molar-refractivity contribution in [3.05, 3.63) is 30.3 Å². The molecule has 0 saturated heterocycles. The molecule has 0 heterocycles. The van der Waals surface area contributed by atoms with Gasteiger partial charge >= 0.3 is 0 Å². The summed E-state index contributed by atoms with van der Waals surface area (Å²) >= 11 is 0. The van der Waals surface area contributed by atoms with Crippen LogP contribution >= 0.6 is 0 Å². The van der Waals surface area contributed by atoms with Gasteiger partial charge in [-0.2, -0.15) is 0 Å². The quantitative estimate of drug-likeness (QED) is 0.681. The molecule has 0 bridgehead atoms. The number of benzene rings is 1. The number of hydrogen-bond donors (Lipinski definition) is 1. The first-order valence-electron chi connectivity index (χ1n) is 4.77. The highest BCUT2D eigenvalue weighted by molar-refractivity contribution is 7.89. The molecule has 0 atom stereocenters. The van der Waals surface area contributed by atoms with Gasteiger partial charge < -0.3 is 9.90 Å². The number of carbonyl (C=O) groups is 1. The van der Waals surface area contributed by atoms with E-state index in [1.807, 2.05) is 0 Å². The molecule has 0 fully saturated rings. The molecular weight excluding hydrogens is 230 g/mol. The lowest BCUT2D eigenvalue weighted by Crippen LogP contribution is -2.27. The van der Waals surface area contributed by atoms with Crippen LogP contribution in [0.2, 0.25) is 0 Å². The molecule has 1 aromatic rings. The Bertz CT molecular complexity index is 441. The minimum Gasteiger partial charge on any atom is -0.550 e. The van der Waals surface area contributed by atoms with Crippen molar-refractivity contribution in [2.75, 3.05) is 6.54 Å². The number of carbonyl (C=O) groups excluding carboxylic acids is 1. The first-order chi connectivity index (χ1) is 7.52. The second-order valence-corrected chi connectivity index (χ2v) is 4.95. The zero-order valence-electron chi connectivity index (χ0n) is 8.55. The van der Waals surface area contributed by atoms with Crippen molar-refractivity contribution in [3.63, 3.8) is 0 Å². The van der Waals surface area contributed by atoms with Crippen molar-refractivity contribution in [3.8, 4) is 0 Å². The van der Waals surface area contributed by atoms with Gasteiger partial charge in [-0.15, -0.1) is 0 Å². The number of carboxylic acid groups (broad SMARTS) is 1. The second-order valence-electron chi connectivity index (χ2n) is 3.19. The fourth-order valence-electron chi connectivity index (χ4n) is 1.12. The van der Waals surface area contributed by atoms with Crippen molar-refractivity contribution in [1.82, 2.24) is 4.72 Å². The molecule has 1 rings (SSSR count). The van der Waals surface area contributed by atoms with Gasteiger partial charge in [-0.3, -0.25) is 0 Å². The van der Waals surface area contributed by atoms with Crippen LogP contribution in [-0.2, 0) is 14.8 Å². The summed E-state index contributed by atoms with van der Waals surface area (Å²) in [6.07, 6.45) is 0.0612. The predicted molar refractivity (Wildman–Crippen MR) is 55.9 cm³/mol. The molecule has 88 valence electrons. The predicted octanol–water partition coefficient (Wildman–Crippen LogP) is -0.505. The largest absolute Gasteiger partial charge is 0.550 e. The van der Waals surface area contributed by atoms with Crippen LogP contribution in [0.4, 0.5) is 0 Å². The van der Waals surface area contributed by atoms with E-state index in [0.717, 1.165) is 0 Å². The van der Waals surface area contributed by atoms with Gasteiger partial charge in [-0.25, -0.2) is 13.1 Å². The Labute approximate surface area is 94.2 Å². The zero-order valence-corrected chi connectivity index (χ0v) is 9.37. The van der Waals surface area contributed by atoms with Gasteiger partial charge in [0.15, 0.2) is 0 Å². The number of sulfonamides is 1. The van der Waals surface area contributed by atoms with Crippen LogP contribution in [0.1, 0.15) is 12.8 Å². The lowest BCUT2D eigenvalue weighted by Gasteiger charge is -2.06. The number of nitrogens with one attached hydrogen (secondary N) is 1. The third kappa shape index (κ3) is 4.00. The van der Waals surface area contributed by atoms with E-state index < -0.39 is 16.0 Å². The Morgan fingerprint density at radius 2 is 1.88 bits per heavy atom. The molecule has 0 amide bonds. The molecule has 0 spiro atoms. The van der Waals surface area contributed by atoms with E-state index >= 15 is 0 Å². The molecule has 0 aromatic heterocycles. The van der Waals surface area contributed by atoms with E-state index in [2.05, 4.69) is 4.72 Å². The maximum Gasteiger partial charge on any atom is 0.240 e. The monoisotopic (exact) mass is 242 g/mol. The molecule has 5 nitrogen and oxygen atoms in total. The number of carboxylic acids is 1. The van der Waals surface area contributed by atoms with Gasteiger partial charge in [0.1, 0.15) is 0 Å². The Hall–Kier alpha value is -1.40. The number of hydrogen-bond acceptors (Lipinski definition) is 4. The molecular formula is C10H12NO4S-. The van der Waals surface area contributed by atoms with Crippen LogP contribution in [0, 0.1) is 0 Å². The van der Waals surface area contributed by atoms with Gasteiger partial charge in [0, 0.05) is 12.5 Å². The summed E-state index contributed by atoms with van der Waals surface area (Å²) in [5.41, 5.74) is 0. The maximum absolute atomic E-state index is 11.6. The maximum atomic E-state index is 11.6. The second kappa shape index (κ2) is 5.62. The van der Waals surface area contributed by atoms with Crippen molar-refractivity contribution >= 4 is 16.0 Å². The molecule has 0 radical (unpaired) electrons. The Balaban J connectivity index is 2.51. The first-order valence-corrected chi connectivity index (χ1v) is 6.25. The van der Waals surface area contributed by atoms with Crippen LogP contribution in [0.25, 0.3) is 0 Å². The van der Waals surface area contributed by atoms with E-state index in [-0.39, 0.29) is 24.3 Å². The molecule has 0 aliphatic carbocycles. The van der Waals surface area contributed by atoms with Gasteiger partial charge in [0.05, 0.1) is 4.90 Å². The highest BCUT2D eigenvalue weighted by atomic mass is 32.2. The smallest absolute Gasteiger partial charge is 0.240 e. The Kier molecular flexibility index (Phi) is 4.45. The van der Waals surface area contributed by atoms with Crippen LogP contribution in [0.15, 0.2) is 35.2 Å². The normalized spacial score (nSPS) is 11.2. The molecule has 16 heavy (non-hydrogen) atoms. The third-order valence-electron chi connectivity index (χ3n) is 1.90. The lowest BCUT2D eigenvalue weighted by atomic mass is 10.3. The summed E-state index contributed by atoms with van der Waals surface area (Å²) < 4.78 is 25.5. The van der Waals surface area contributed by atoms with Crippen molar-refractivity contribution in [1.29, 1.82) is 0 Å². The molecule has 1 aromatic carbocycles. The van der Waals surface area contributed by atoms with E-state index in [1.54, 1.807) is 18.2 Å². The highest BCUT2D eigenvalue weighted by Gasteiger charge is 2.11. The first kappa shape index (κ1) is 12.7. The van der Waals surface area contributed by atoms with Crippen LogP contribution < -0.4 is 9.83 Å². The van der Waals surface area contributed by atoms with Crippen LogP contribution in [-0.4, -0.2) is 20.9 Å². The van der Waals surface area contributed by atoms with Crippen molar-refractivity contribution in [2.24, 2.45) is 0 Å². The fraction of sp³-hybridized carbons (Fsp3) is 0.300. The molecule has 0 aliphatic rings. The summed E-state index contributed by atoms with van der Waals surface area (Å²) in [6.45, 7) is 0.0885. The van der Waals surface area contributed by atoms with Crippen LogP contribution in [0.3, 0.4) is 0 Å². The van der Waals surface area contributed by atoms with Gasteiger partial charge in [0.2, 0.25) is 10.0 Å². The molecule has 6 heteroatoms. The molecule has 0 aliphatic heterocycles. The SMILES string of the molecule is O=C([O-])CCCNS(=O)(=O)c1ccccc1. The minimum absolute atomic E-state index is 0.0885. The molecule has 0 unspecified atom stereocenters. The van der Waals surface area contributed by atoms with E-state index in [1.165, 1.54) is 12.1 Å². The molecule has 0 saturated carbocycles. The standard InChI is InChI=1S/C10H13NO4S/c12-10(13)7-4-8-11-16(14,15)9-5-2-1-3-6-9/h1-3,5-6,11H,4,7-8H2,(H,12,13)/p-1. The number of aliphatic carboxylic acids is 1. The number of rotatable bonds is 6. The zero-order chi connectivity index (χ0) is 12.0. The topological polar surface area (TPSA) is 86.3 Å². The van der Waals surface area contributed by atoms with Crippen molar-refractivity contribution in [2.45, 2.75) is 17.7 Å². The average Bonchev–Trinajstić information content (AvgIpc) is 2.26. The summed E-state index contributed by atoms with van der Waals surface area (Å²) in [4.78, 5) is 10.3. The van der Waals surface area contributed by atoms with E-state index in [0.29, 0.717) is 0 Å². The Morgan fingerprint density at radius 1 is 1.25 bits per heavy atom. The summed E-state index contributed by atoms with van der Waals surface area (Å²) in [7, 11) is -3.52. The lowest BCUT2D eigenvalue weighted by molar-refractivity contribution is -0.305. The highest BCUT2D eigenvalue weighted by Crippen LogP contribution is 2.06. The van der Waals surface area contributed by atoms with Gasteiger partial charge in [-0.05, 0) is 25.0 Å². The summed E-state index contributed by atoms with van der Waals surface area (Å²) in [5, 5.41) is 10.1. The van der Waals surface area contributed by atoms with Gasteiger partial charge in [-0.1, -0.05) is 18.2 Å².